The number of likely N-dealkylation sites (tertiary alicyclic amines) is 1. The van der Waals surface area contributed by atoms with Crippen molar-refractivity contribution in [3.8, 4) is 0 Å². The normalized spacial score (nSPS) is 41.6. The Bertz CT molecular complexity index is 958. The molecule has 12 unspecified atom stereocenters. The molecule has 2 aliphatic carbocycles. The van der Waals surface area contributed by atoms with Gasteiger partial charge in [-0.15, -0.1) is 0 Å². The summed E-state index contributed by atoms with van der Waals surface area (Å²) in [6.07, 6.45) is 10.3. The molecule has 11 nitrogen and oxygen atoms in total. The number of methoxy groups -OCH3 is 4. The van der Waals surface area contributed by atoms with Crippen molar-refractivity contribution in [2.75, 3.05) is 48.1 Å². The van der Waals surface area contributed by atoms with Gasteiger partial charge in [-0.1, -0.05) is 6.92 Å². The molecular weight excluding hydrogens is 562 g/mol. The van der Waals surface area contributed by atoms with Crippen LogP contribution in [0.1, 0.15) is 77.6 Å². The molecule has 0 bridgehead atoms. The first-order chi connectivity index (χ1) is 21.3. The fourth-order valence-corrected chi connectivity index (χ4v) is 9.05. The summed E-state index contributed by atoms with van der Waals surface area (Å²) < 4.78 is 22.7. The smallest absolute Gasteiger partial charge is 0.229 e. The van der Waals surface area contributed by atoms with E-state index in [1.807, 2.05) is 4.90 Å². The molecular formula is C33H59N5O6. The lowest BCUT2D eigenvalue weighted by Gasteiger charge is -2.56. The molecule has 5 rings (SSSR count). The molecule has 11 heteroatoms. The summed E-state index contributed by atoms with van der Waals surface area (Å²) in [7, 11) is 7.03. The summed E-state index contributed by atoms with van der Waals surface area (Å²) in [5.41, 5.74) is 7.00. The molecule has 3 aliphatic heterocycles. The van der Waals surface area contributed by atoms with Gasteiger partial charge in [0.25, 0.3) is 0 Å². The number of hydrogen-bond donors (Lipinski definition) is 3. The molecule has 5 aliphatic rings. The second kappa shape index (κ2) is 15.5. The van der Waals surface area contributed by atoms with Gasteiger partial charge in [0.2, 0.25) is 11.8 Å². The van der Waals surface area contributed by atoms with Gasteiger partial charge >= 0.3 is 0 Å². The van der Waals surface area contributed by atoms with E-state index in [-0.39, 0.29) is 54.5 Å². The average molecular weight is 622 g/mol. The van der Waals surface area contributed by atoms with Gasteiger partial charge in [-0.05, 0) is 88.4 Å². The van der Waals surface area contributed by atoms with E-state index >= 15 is 0 Å². The Morgan fingerprint density at radius 2 is 1.48 bits per heavy atom. The second-order valence-electron chi connectivity index (χ2n) is 14.2. The number of nitrogens with two attached hydrogens (primary N) is 1. The number of carbonyl (C=O) groups excluding carboxylic acids is 2. The minimum absolute atomic E-state index is 0.0247. The summed E-state index contributed by atoms with van der Waals surface area (Å²) in [6.45, 7) is 4.36. The highest BCUT2D eigenvalue weighted by molar-refractivity contribution is 5.84. The number of nitrogens with one attached hydrogen (secondary N) is 2. The topological polar surface area (TPSA) is 128 Å². The molecule has 2 amide bonds. The van der Waals surface area contributed by atoms with E-state index in [2.05, 4.69) is 22.5 Å². The fourth-order valence-electron chi connectivity index (χ4n) is 9.05. The molecule has 0 aromatic heterocycles. The third-order valence-electron chi connectivity index (χ3n) is 11.8. The number of rotatable bonds is 11. The van der Waals surface area contributed by atoms with E-state index in [0.29, 0.717) is 30.7 Å². The maximum absolute atomic E-state index is 14.0. The van der Waals surface area contributed by atoms with Gasteiger partial charge in [-0.2, -0.15) is 0 Å². The van der Waals surface area contributed by atoms with Crippen molar-refractivity contribution < 1.29 is 28.5 Å². The van der Waals surface area contributed by atoms with Gasteiger partial charge in [0, 0.05) is 48.1 Å². The van der Waals surface area contributed by atoms with Crippen LogP contribution in [0, 0.1) is 29.6 Å². The Balaban J connectivity index is 1.24. The number of carbonyl (C=O) groups is 2. The molecule has 44 heavy (non-hydrogen) atoms. The van der Waals surface area contributed by atoms with E-state index in [4.69, 9.17) is 24.7 Å². The van der Waals surface area contributed by atoms with E-state index in [1.54, 1.807) is 28.4 Å². The lowest BCUT2D eigenvalue weighted by atomic mass is 9.78. The van der Waals surface area contributed by atoms with Crippen molar-refractivity contribution in [3.63, 3.8) is 0 Å². The van der Waals surface area contributed by atoms with Crippen LogP contribution in [-0.4, -0.2) is 113 Å². The summed E-state index contributed by atoms with van der Waals surface area (Å²) in [4.78, 5) is 32.0. The zero-order chi connectivity index (χ0) is 31.4. The highest BCUT2D eigenvalue weighted by atomic mass is 16.5. The van der Waals surface area contributed by atoms with Gasteiger partial charge in [-0.3, -0.25) is 19.8 Å². The summed E-state index contributed by atoms with van der Waals surface area (Å²) in [6, 6.07) is 0. The van der Waals surface area contributed by atoms with E-state index in [1.165, 1.54) is 0 Å². The van der Waals surface area contributed by atoms with Crippen molar-refractivity contribution in [2.45, 2.75) is 120 Å². The summed E-state index contributed by atoms with van der Waals surface area (Å²) in [5.74, 6) is 0.787. The second-order valence-corrected chi connectivity index (χ2v) is 14.2. The number of amides is 2. The summed E-state index contributed by atoms with van der Waals surface area (Å²) in [5, 5.41) is 7.08. The Hall–Kier alpha value is -1.34. The van der Waals surface area contributed by atoms with Crippen LogP contribution in [0.5, 0.6) is 0 Å². The quantitative estimate of drug-likeness (QED) is 0.318. The first kappa shape index (κ1) is 34.0. The van der Waals surface area contributed by atoms with Crippen LogP contribution in [-0.2, 0) is 28.5 Å². The molecule has 5 fully saturated rings. The number of nitrogens with zero attached hydrogens (tertiary/aromatic N) is 2. The molecule has 3 heterocycles. The Morgan fingerprint density at radius 3 is 2.09 bits per heavy atom. The third kappa shape index (κ3) is 7.29. The monoisotopic (exact) mass is 621 g/mol. The predicted octanol–water partition coefficient (Wildman–Crippen LogP) is 2.28. The van der Waals surface area contributed by atoms with Gasteiger partial charge in [0.05, 0.1) is 54.7 Å². The maximum Gasteiger partial charge on any atom is 0.229 e. The van der Waals surface area contributed by atoms with Gasteiger partial charge in [0.15, 0.2) is 0 Å². The molecule has 12 atom stereocenters. The van der Waals surface area contributed by atoms with Crippen LogP contribution in [0.15, 0.2) is 0 Å². The SMILES string of the molecule is COC1CCC(CCNC(=O)C2CC3C(=O)N4CCCC(C)C4NC3N(CCC3CCC(OC)C(OC)C3)C2N)CC1OC. The van der Waals surface area contributed by atoms with Crippen molar-refractivity contribution in [3.05, 3.63) is 0 Å². The van der Waals surface area contributed by atoms with Gasteiger partial charge < -0.3 is 34.9 Å². The van der Waals surface area contributed by atoms with Gasteiger partial charge in [0.1, 0.15) is 0 Å². The molecule has 2 saturated carbocycles. The highest BCUT2D eigenvalue weighted by Crippen LogP contribution is 2.39. The Kier molecular flexibility index (Phi) is 12.0. The van der Waals surface area contributed by atoms with Crippen LogP contribution in [0.25, 0.3) is 0 Å². The number of fused-ring (bicyclic) bond motifs is 2. The first-order valence-electron chi connectivity index (χ1n) is 17.3. The van der Waals surface area contributed by atoms with E-state index < -0.39 is 12.1 Å². The zero-order valence-corrected chi connectivity index (χ0v) is 27.7. The number of ether oxygens (including phenoxy) is 4. The van der Waals surface area contributed by atoms with Crippen LogP contribution in [0.2, 0.25) is 0 Å². The molecule has 3 saturated heterocycles. The van der Waals surface area contributed by atoms with Gasteiger partial charge in [-0.25, -0.2) is 0 Å². The average Bonchev–Trinajstić information content (AvgIpc) is 3.04. The number of piperidine rings is 2. The fraction of sp³-hybridized carbons (Fsp3) is 0.939. The van der Waals surface area contributed by atoms with E-state index in [9.17, 15) is 9.59 Å². The summed E-state index contributed by atoms with van der Waals surface area (Å²) >= 11 is 0. The molecule has 252 valence electrons. The van der Waals surface area contributed by atoms with Crippen LogP contribution in [0.4, 0.5) is 0 Å². The molecule has 0 aromatic carbocycles. The van der Waals surface area contributed by atoms with Crippen molar-refractivity contribution in [1.82, 2.24) is 20.4 Å². The Labute approximate surface area is 264 Å². The third-order valence-corrected chi connectivity index (χ3v) is 11.8. The van der Waals surface area contributed by atoms with Crippen molar-refractivity contribution in [2.24, 2.45) is 35.3 Å². The molecule has 0 spiro atoms. The van der Waals surface area contributed by atoms with Crippen molar-refractivity contribution in [1.29, 1.82) is 0 Å². The van der Waals surface area contributed by atoms with Crippen LogP contribution in [0.3, 0.4) is 0 Å². The standard InChI is InChI=1S/C33H59N5O6/c1-20-7-6-15-38-30(20)36-31-24(33(38)40)19-23(32(39)35-14-12-21-8-10-25(41-2)27(17-21)43-4)29(34)37(31)16-13-22-9-11-26(42-3)28(18-22)44-5/h20-31,36H,6-19,34H2,1-5H3,(H,35,39). The minimum Gasteiger partial charge on any atom is -0.379 e. The van der Waals surface area contributed by atoms with Crippen LogP contribution >= 0.6 is 0 Å². The molecule has 0 aromatic rings. The predicted molar refractivity (Wildman–Crippen MR) is 167 cm³/mol. The first-order valence-corrected chi connectivity index (χ1v) is 17.3. The lowest BCUT2D eigenvalue weighted by Crippen LogP contribution is -2.75. The highest BCUT2D eigenvalue weighted by Gasteiger charge is 2.53. The molecule has 0 radical (unpaired) electrons. The minimum atomic E-state index is -0.453. The van der Waals surface area contributed by atoms with E-state index in [0.717, 1.165) is 77.3 Å². The van der Waals surface area contributed by atoms with Crippen molar-refractivity contribution >= 4 is 11.8 Å². The zero-order valence-electron chi connectivity index (χ0n) is 27.7. The largest absolute Gasteiger partial charge is 0.379 e. The Morgan fingerprint density at radius 1 is 0.864 bits per heavy atom. The van der Waals surface area contributed by atoms with Crippen LogP contribution < -0.4 is 16.4 Å². The number of hydrogen-bond acceptors (Lipinski definition) is 9. The lowest BCUT2D eigenvalue weighted by molar-refractivity contribution is -0.165. The molecule has 4 N–H and O–H groups in total. The maximum atomic E-state index is 14.0.